The van der Waals surface area contributed by atoms with Gasteiger partial charge in [-0.15, -0.1) is 0 Å². The fraction of sp³-hybridized carbons (Fsp3) is 0. The number of hydrogen-bond acceptors (Lipinski definition) is 4. The lowest BCUT2D eigenvalue weighted by Crippen LogP contribution is -2.09. The second kappa shape index (κ2) is 3.72. The summed E-state index contributed by atoms with van der Waals surface area (Å²) in [6.45, 7) is 0. The van der Waals surface area contributed by atoms with Crippen LogP contribution in [-0.4, -0.2) is 10.3 Å². The third kappa shape index (κ3) is 2.38. The maximum atomic E-state index is 10.5. The lowest BCUT2D eigenvalue weighted by atomic mass is 10.4. The highest BCUT2D eigenvalue weighted by Crippen LogP contribution is 1.95. The zero-order valence-corrected chi connectivity index (χ0v) is 6.38. The topological polar surface area (TPSA) is 69.1 Å². The third-order valence-corrected chi connectivity index (χ3v) is 1.38. The smallest absolute Gasteiger partial charge is 0.286 e. The molecule has 0 aliphatic carbocycles. The van der Waals surface area contributed by atoms with E-state index in [1.54, 1.807) is 18.3 Å². The number of nitrogens with zero attached hydrogens (tertiary/aromatic N) is 1. The molecular formula is C6H6N2O2S. The number of amides is 1. The number of aromatic nitrogens is 1. The van der Waals surface area contributed by atoms with E-state index in [1.165, 1.54) is 6.07 Å². The SMILES string of the molecule is NC(=O)c1ccccnso1. The van der Waals surface area contributed by atoms with Crippen LogP contribution in [0.5, 0.6) is 0 Å². The van der Waals surface area contributed by atoms with E-state index in [9.17, 15) is 4.79 Å². The molecule has 1 aromatic rings. The minimum atomic E-state index is -0.598. The first kappa shape index (κ1) is 7.74. The van der Waals surface area contributed by atoms with Gasteiger partial charge in [-0.25, -0.2) is 0 Å². The van der Waals surface area contributed by atoms with Crippen LogP contribution in [0.15, 0.2) is 28.2 Å². The van der Waals surface area contributed by atoms with Gasteiger partial charge in [0.15, 0.2) is 11.8 Å². The Morgan fingerprint density at radius 1 is 1.64 bits per heavy atom. The van der Waals surface area contributed by atoms with Crippen molar-refractivity contribution >= 4 is 17.7 Å². The van der Waals surface area contributed by atoms with E-state index in [1.807, 2.05) is 0 Å². The number of carbonyl (C=O) groups excluding carboxylic acids is 1. The van der Waals surface area contributed by atoms with Gasteiger partial charge in [0.1, 0.15) is 0 Å². The van der Waals surface area contributed by atoms with Crippen molar-refractivity contribution in [3.05, 3.63) is 30.2 Å². The van der Waals surface area contributed by atoms with Crippen LogP contribution >= 0.6 is 11.8 Å². The molecule has 4 nitrogen and oxygen atoms in total. The maximum Gasteiger partial charge on any atom is 0.286 e. The Balaban J connectivity index is 3.12. The van der Waals surface area contributed by atoms with E-state index < -0.39 is 5.91 Å². The largest absolute Gasteiger partial charge is 0.379 e. The fourth-order valence-corrected chi connectivity index (χ4v) is 0.846. The second-order valence-corrected chi connectivity index (χ2v) is 2.22. The van der Waals surface area contributed by atoms with E-state index >= 15 is 0 Å². The monoisotopic (exact) mass is 170 g/mol. The Labute approximate surface area is 67.4 Å². The Morgan fingerprint density at radius 3 is 3.18 bits per heavy atom. The van der Waals surface area contributed by atoms with Crippen LogP contribution in [0.3, 0.4) is 0 Å². The summed E-state index contributed by atoms with van der Waals surface area (Å²) in [6, 6.07) is 4.79. The van der Waals surface area contributed by atoms with Gasteiger partial charge in [0, 0.05) is 6.20 Å². The molecule has 1 heterocycles. The van der Waals surface area contributed by atoms with Crippen molar-refractivity contribution in [1.29, 1.82) is 0 Å². The summed E-state index contributed by atoms with van der Waals surface area (Å²) < 4.78 is 8.50. The molecule has 5 heteroatoms. The van der Waals surface area contributed by atoms with Crippen LogP contribution < -0.4 is 5.73 Å². The third-order valence-electron chi connectivity index (χ3n) is 0.919. The molecule has 0 fully saturated rings. The minimum Gasteiger partial charge on any atom is -0.379 e. The van der Waals surface area contributed by atoms with Gasteiger partial charge in [-0.1, -0.05) is 6.07 Å². The first-order valence-corrected chi connectivity index (χ1v) is 3.54. The highest BCUT2D eigenvalue weighted by molar-refractivity contribution is 6.96. The molecule has 0 aliphatic heterocycles. The Kier molecular flexibility index (Phi) is 2.62. The van der Waals surface area contributed by atoms with E-state index in [-0.39, 0.29) is 5.76 Å². The first-order chi connectivity index (χ1) is 5.30. The van der Waals surface area contributed by atoms with Gasteiger partial charge in [0.2, 0.25) is 5.76 Å². The Bertz CT molecular complexity index is 271. The average molecular weight is 170 g/mol. The van der Waals surface area contributed by atoms with Crippen molar-refractivity contribution in [3.8, 4) is 0 Å². The predicted octanol–water partition coefficient (Wildman–Crippen LogP) is 0.959. The molecule has 0 spiro atoms. The summed E-state index contributed by atoms with van der Waals surface area (Å²) >= 11 is 0.815. The second-order valence-electron chi connectivity index (χ2n) is 1.69. The summed E-state index contributed by atoms with van der Waals surface area (Å²) in [5.74, 6) is -0.498. The van der Waals surface area contributed by atoms with Crippen LogP contribution in [0.2, 0.25) is 0 Å². The van der Waals surface area contributed by atoms with Gasteiger partial charge >= 0.3 is 0 Å². The van der Waals surface area contributed by atoms with Crippen molar-refractivity contribution in [2.75, 3.05) is 0 Å². The standard InChI is InChI=1S/C6H6N2O2S/c7-6(9)5-3-1-2-4-8-11-10-5/h1-4H,(H2,7,9). The van der Waals surface area contributed by atoms with Crippen LogP contribution in [0.1, 0.15) is 10.6 Å². The zero-order chi connectivity index (χ0) is 8.10. The first-order valence-electron chi connectivity index (χ1n) is 2.84. The summed E-state index contributed by atoms with van der Waals surface area (Å²) in [7, 11) is 0. The summed E-state index contributed by atoms with van der Waals surface area (Å²) in [5, 5.41) is 0. The van der Waals surface area contributed by atoms with Crippen LogP contribution in [0, 0.1) is 0 Å². The zero-order valence-electron chi connectivity index (χ0n) is 5.56. The molecule has 0 bridgehead atoms. The van der Waals surface area contributed by atoms with Crippen LogP contribution in [0.4, 0.5) is 0 Å². The number of nitrogens with two attached hydrogens (primary N) is 1. The Morgan fingerprint density at radius 2 is 2.45 bits per heavy atom. The molecular weight excluding hydrogens is 164 g/mol. The van der Waals surface area contributed by atoms with Gasteiger partial charge in [-0.2, -0.15) is 4.37 Å². The minimum absolute atomic E-state index is 0.100. The summed E-state index contributed by atoms with van der Waals surface area (Å²) in [5.41, 5.74) is 4.96. The molecule has 0 unspecified atom stereocenters. The van der Waals surface area contributed by atoms with Crippen LogP contribution in [0.25, 0.3) is 0 Å². The molecule has 0 radical (unpaired) electrons. The van der Waals surface area contributed by atoms with Gasteiger partial charge in [-0.05, 0) is 12.1 Å². The molecule has 0 aliphatic rings. The lowest BCUT2D eigenvalue weighted by Gasteiger charge is -1.85. The van der Waals surface area contributed by atoms with Gasteiger partial charge in [-0.3, -0.25) is 4.79 Å². The molecule has 0 saturated carbocycles. The normalized spacial score (nSPS) is 8.73. The quantitative estimate of drug-likeness (QED) is 0.682. The highest BCUT2D eigenvalue weighted by atomic mass is 32.1. The van der Waals surface area contributed by atoms with Crippen molar-refractivity contribution in [2.45, 2.75) is 0 Å². The average Bonchev–Trinajstić information content (AvgIpc) is 1.84. The molecule has 1 amide bonds. The predicted molar refractivity (Wildman–Crippen MR) is 40.5 cm³/mol. The maximum absolute atomic E-state index is 10.5. The molecule has 0 atom stereocenters. The van der Waals surface area contributed by atoms with Gasteiger partial charge in [0.05, 0.1) is 0 Å². The van der Waals surface area contributed by atoms with Crippen molar-refractivity contribution in [3.63, 3.8) is 0 Å². The van der Waals surface area contributed by atoms with Crippen LogP contribution in [-0.2, 0) is 0 Å². The van der Waals surface area contributed by atoms with Crippen molar-refractivity contribution in [2.24, 2.45) is 5.73 Å². The lowest BCUT2D eigenvalue weighted by molar-refractivity contribution is 0.0978. The molecule has 11 heavy (non-hydrogen) atoms. The Hall–Kier alpha value is -1.36. The van der Waals surface area contributed by atoms with Gasteiger partial charge in [0.25, 0.3) is 5.91 Å². The summed E-state index contributed by atoms with van der Waals surface area (Å²) in [6.07, 6.45) is 1.55. The molecule has 1 aromatic heterocycles. The number of primary amides is 1. The highest BCUT2D eigenvalue weighted by Gasteiger charge is 1.97. The van der Waals surface area contributed by atoms with Crippen molar-refractivity contribution < 1.29 is 8.64 Å². The van der Waals surface area contributed by atoms with Gasteiger partial charge < -0.3 is 9.58 Å². The molecule has 2 N–H and O–H groups in total. The number of rotatable bonds is 1. The molecule has 1 rings (SSSR count). The number of carbonyl (C=O) groups is 1. The molecule has 0 aromatic carbocycles. The molecule has 0 saturated heterocycles. The van der Waals surface area contributed by atoms with E-state index in [2.05, 4.69) is 4.37 Å². The van der Waals surface area contributed by atoms with Crippen molar-refractivity contribution in [1.82, 2.24) is 4.37 Å². The fourth-order valence-electron chi connectivity index (χ4n) is 0.465. The molecule has 58 valence electrons. The number of hydrogen-bond donors (Lipinski definition) is 1. The van der Waals surface area contributed by atoms with E-state index in [4.69, 9.17) is 9.58 Å². The van der Waals surface area contributed by atoms with E-state index in [0.717, 1.165) is 11.8 Å². The van der Waals surface area contributed by atoms with E-state index in [0.29, 0.717) is 0 Å². The summed E-state index contributed by atoms with van der Waals surface area (Å²) in [4.78, 5) is 10.5.